The zero-order valence-corrected chi connectivity index (χ0v) is 7.56. The van der Waals surface area contributed by atoms with Crippen molar-refractivity contribution >= 4 is 18.4 Å². The second-order valence-electron chi connectivity index (χ2n) is 2.44. The molecule has 3 N–H and O–H groups in total. The lowest BCUT2D eigenvalue weighted by Crippen LogP contribution is -2.14. The number of hydrogen-bond donors (Lipinski definition) is 2. The molecule has 0 fully saturated rings. The molecule has 11 heavy (non-hydrogen) atoms. The third-order valence-electron chi connectivity index (χ3n) is 1.68. The van der Waals surface area contributed by atoms with E-state index in [1.807, 2.05) is 6.92 Å². The maximum Gasteiger partial charge on any atom is 0.303 e. The number of hydrogen-bond acceptors (Lipinski definition) is 2. The molecule has 0 rings (SSSR count). The van der Waals surface area contributed by atoms with Gasteiger partial charge in [-0.3, -0.25) is 4.79 Å². The molecule has 0 aromatic carbocycles. The Labute approximate surface area is 73.4 Å². The molecule has 1 atom stereocenters. The van der Waals surface area contributed by atoms with Crippen molar-refractivity contribution in [3.8, 4) is 0 Å². The van der Waals surface area contributed by atoms with Gasteiger partial charge in [-0.05, 0) is 18.9 Å². The van der Waals surface area contributed by atoms with Crippen LogP contribution in [0.2, 0.25) is 0 Å². The molecular weight excluding hydrogens is 166 g/mol. The fourth-order valence-corrected chi connectivity index (χ4v) is 0.816. The lowest BCUT2D eigenvalue weighted by molar-refractivity contribution is -0.137. The Balaban J connectivity index is 0. The first-order valence-electron chi connectivity index (χ1n) is 3.62. The van der Waals surface area contributed by atoms with Crippen LogP contribution in [0.15, 0.2) is 0 Å². The molecular formula is C7H16ClNO2. The molecule has 0 bridgehead atoms. The van der Waals surface area contributed by atoms with E-state index in [0.717, 1.165) is 6.42 Å². The van der Waals surface area contributed by atoms with Gasteiger partial charge in [0.25, 0.3) is 0 Å². The van der Waals surface area contributed by atoms with Gasteiger partial charge in [0, 0.05) is 6.42 Å². The highest BCUT2D eigenvalue weighted by Crippen LogP contribution is 2.08. The van der Waals surface area contributed by atoms with Gasteiger partial charge in [0.15, 0.2) is 0 Å². The van der Waals surface area contributed by atoms with Gasteiger partial charge in [0.1, 0.15) is 0 Å². The van der Waals surface area contributed by atoms with Crippen LogP contribution in [0.5, 0.6) is 0 Å². The summed E-state index contributed by atoms with van der Waals surface area (Å²) in [4.78, 5) is 10.1. The van der Waals surface area contributed by atoms with Gasteiger partial charge in [0.2, 0.25) is 0 Å². The molecule has 0 saturated carbocycles. The van der Waals surface area contributed by atoms with Gasteiger partial charge in [-0.25, -0.2) is 0 Å². The standard InChI is InChI=1S/C7H15NO2.ClH/c1-2-6(5-8)3-4-7(9)10;/h6H,2-5,8H2,1H3,(H,9,10);1H/t6-;/m1./s1. The van der Waals surface area contributed by atoms with Crippen LogP contribution in [-0.4, -0.2) is 17.6 Å². The Morgan fingerprint density at radius 1 is 1.64 bits per heavy atom. The molecule has 0 amide bonds. The molecule has 3 nitrogen and oxygen atoms in total. The van der Waals surface area contributed by atoms with E-state index in [-0.39, 0.29) is 18.8 Å². The summed E-state index contributed by atoms with van der Waals surface area (Å²) in [5.41, 5.74) is 5.38. The second-order valence-corrected chi connectivity index (χ2v) is 2.44. The van der Waals surface area contributed by atoms with E-state index in [4.69, 9.17) is 10.8 Å². The molecule has 0 aliphatic rings. The van der Waals surface area contributed by atoms with Crippen LogP contribution >= 0.6 is 12.4 Å². The summed E-state index contributed by atoms with van der Waals surface area (Å²) in [6.07, 6.45) is 1.93. The molecule has 68 valence electrons. The van der Waals surface area contributed by atoms with Crippen LogP contribution in [0.1, 0.15) is 26.2 Å². The minimum atomic E-state index is -0.730. The summed E-state index contributed by atoms with van der Waals surface area (Å²) < 4.78 is 0. The first kappa shape index (κ1) is 13.3. The fourth-order valence-electron chi connectivity index (χ4n) is 0.816. The zero-order chi connectivity index (χ0) is 7.98. The predicted octanol–water partition coefficient (Wildman–Crippen LogP) is 1.26. The molecule has 0 unspecified atom stereocenters. The van der Waals surface area contributed by atoms with E-state index in [1.165, 1.54) is 0 Å². The Bertz CT molecular complexity index is 105. The average molecular weight is 182 g/mol. The summed E-state index contributed by atoms with van der Waals surface area (Å²) in [5, 5.41) is 8.31. The first-order valence-corrected chi connectivity index (χ1v) is 3.62. The van der Waals surface area contributed by atoms with Crippen molar-refractivity contribution in [2.75, 3.05) is 6.54 Å². The quantitative estimate of drug-likeness (QED) is 0.671. The van der Waals surface area contributed by atoms with Crippen molar-refractivity contribution in [3.63, 3.8) is 0 Å². The van der Waals surface area contributed by atoms with Crippen molar-refractivity contribution in [3.05, 3.63) is 0 Å². The van der Waals surface area contributed by atoms with Gasteiger partial charge in [0.05, 0.1) is 0 Å². The fraction of sp³-hybridized carbons (Fsp3) is 0.857. The summed E-state index contributed by atoms with van der Waals surface area (Å²) >= 11 is 0. The van der Waals surface area contributed by atoms with Gasteiger partial charge < -0.3 is 10.8 Å². The third-order valence-corrected chi connectivity index (χ3v) is 1.68. The van der Waals surface area contributed by atoms with Crippen LogP contribution in [0, 0.1) is 5.92 Å². The van der Waals surface area contributed by atoms with E-state index in [9.17, 15) is 4.79 Å². The van der Waals surface area contributed by atoms with Gasteiger partial charge in [-0.2, -0.15) is 0 Å². The molecule has 0 aliphatic heterocycles. The van der Waals surface area contributed by atoms with E-state index in [1.54, 1.807) is 0 Å². The van der Waals surface area contributed by atoms with Crippen LogP contribution in [0.4, 0.5) is 0 Å². The lowest BCUT2D eigenvalue weighted by Gasteiger charge is -2.08. The SMILES string of the molecule is CC[C@@H](CN)CCC(=O)O.Cl. The largest absolute Gasteiger partial charge is 0.481 e. The highest BCUT2D eigenvalue weighted by molar-refractivity contribution is 5.85. The maximum atomic E-state index is 10.1. The number of carboxylic acid groups (broad SMARTS) is 1. The molecule has 0 aliphatic carbocycles. The number of halogens is 1. The molecule has 0 aromatic rings. The predicted molar refractivity (Wildman–Crippen MR) is 47.0 cm³/mol. The minimum Gasteiger partial charge on any atom is -0.481 e. The van der Waals surface area contributed by atoms with Gasteiger partial charge >= 0.3 is 5.97 Å². The van der Waals surface area contributed by atoms with E-state index >= 15 is 0 Å². The summed E-state index contributed by atoms with van der Waals surface area (Å²) in [6.45, 7) is 2.63. The maximum absolute atomic E-state index is 10.1. The monoisotopic (exact) mass is 181 g/mol. The molecule has 0 spiro atoms. The summed E-state index contributed by atoms with van der Waals surface area (Å²) in [6, 6.07) is 0. The zero-order valence-electron chi connectivity index (χ0n) is 6.75. The van der Waals surface area contributed by atoms with E-state index < -0.39 is 5.97 Å². The van der Waals surface area contributed by atoms with Crippen molar-refractivity contribution in [2.24, 2.45) is 11.7 Å². The highest BCUT2D eigenvalue weighted by Gasteiger charge is 2.05. The molecule has 0 aromatic heterocycles. The number of carboxylic acids is 1. The average Bonchev–Trinajstić information content (AvgIpc) is 1.90. The van der Waals surface area contributed by atoms with Gasteiger partial charge in [-0.1, -0.05) is 13.3 Å². The molecule has 4 heteroatoms. The van der Waals surface area contributed by atoms with Crippen molar-refractivity contribution in [2.45, 2.75) is 26.2 Å². The van der Waals surface area contributed by atoms with E-state index in [2.05, 4.69) is 0 Å². The highest BCUT2D eigenvalue weighted by atomic mass is 35.5. The van der Waals surface area contributed by atoms with Crippen LogP contribution in [0.25, 0.3) is 0 Å². The summed E-state index contributed by atoms with van der Waals surface area (Å²) in [5.74, 6) is -0.344. The van der Waals surface area contributed by atoms with E-state index in [0.29, 0.717) is 18.9 Å². The number of rotatable bonds is 5. The molecule has 0 radical (unpaired) electrons. The van der Waals surface area contributed by atoms with Crippen LogP contribution in [0.3, 0.4) is 0 Å². The lowest BCUT2D eigenvalue weighted by atomic mass is 10.0. The molecule has 0 saturated heterocycles. The Morgan fingerprint density at radius 2 is 2.18 bits per heavy atom. The Kier molecular flexibility index (Phi) is 9.47. The Hall–Kier alpha value is -0.280. The van der Waals surface area contributed by atoms with Crippen LogP contribution < -0.4 is 5.73 Å². The van der Waals surface area contributed by atoms with Crippen molar-refractivity contribution in [1.82, 2.24) is 0 Å². The van der Waals surface area contributed by atoms with Crippen LogP contribution in [-0.2, 0) is 4.79 Å². The minimum absolute atomic E-state index is 0. The van der Waals surface area contributed by atoms with Crippen molar-refractivity contribution in [1.29, 1.82) is 0 Å². The first-order chi connectivity index (χ1) is 4.70. The second kappa shape index (κ2) is 7.82. The number of carbonyl (C=O) groups is 1. The third kappa shape index (κ3) is 7.62. The molecule has 0 heterocycles. The Morgan fingerprint density at radius 3 is 2.45 bits per heavy atom. The number of nitrogens with two attached hydrogens (primary N) is 1. The normalized spacial score (nSPS) is 11.8. The number of aliphatic carboxylic acids is 1. The van der Waals surface area contributed by atoms with Crippen molar-refractivity contribution < 1.29 is 9.90 Å². The topological polar surface area (TPSA) is 63.3 Å². The summed E-state index contributed by atoms with van der Waals surface area (Å²) in [7, 11) is 0. The smallest absolute Gasteiger partial charge is 0.303 e. The van der Waals surface area contributed by atoms with Gasteiger partial charge in [-0.15, -0.1) is 12.4 Å².